The maximum absolute atomic E-state index is 12.8. The lowest BCUT2D eigenvalue weighted by atomic mass is 10.0. The highest BCUT2D eigenvalue weighted by molar-refractivity contribution is 5.95. The molecule has 0 radical (unpaired) electrons. The number of nitrogens with zero attached hydrogens (tertiary/aromatic N) is 5. The van der Waals surface area contributed by atoms with Crippen molar-refractivity contribution in [3.8, 4) is 23.3 Å². The largest absolute Gasteiger partial charge is 0.353 e. The van der Waals surface area contributed by atoms with Crippen molar-refractivity contribution in [2.45, 2.75) is 0 Å². The SMILES string of the molecule is N#Cc1cccc(-c2cccc3ccc(N4CCN(C(=O)Nc5ccccc5C#N)CC4)nc23)c1. The Hall–Kier alpha value is -4.88. The third-order valence-corrected chi connectivity index (χ3v) is 6.19. The van der Waals surface area contributed by atoms with Crippen molar-refractivity contribution in [2.75, 3.05) is 36.4 Å². The minimum atomic E-state index is -0.210. The van der Waals surface area contributed by atoms with Crippen molar-refractivity contribution >= 4 is 28.4 Å². The van der Waals surface area contributed by atoms with Crippen LogP contribution in [-0.4, -0.2) is 42.1 Å². The first kappa shape index (κ1) is 21.9. The van der Waals surface area contributed by atoms with Gasteiger partial charge in [-0.25, -0.2) is 9.78 Å². The van der Waals surface area contributed by atoms with E-state index in [-0.39, 0.29) is 6.03 Å². The molecular formula is C28H22N6O. The summed E-state index contributed by atoms with van der Waals surface area (Å²) in [6.07, 6.45) is 0. The minimum Gasteiger partial charge on any atom is -0.353 e. The smallest absolute Gasteiger partial charge is 0.322 e. The van der Waals surface area contributed by atoms with E-state index in [9.17, 15) is 15.3 Å². The van der Waals surface area contributed by atoms with Gasteiger partial charge in [-0.3, -0.25) is 0 Å². The summed E-state index contributed by atoms with van der Waals surface area (Å²) in [5, 5.41) is 22.4. The number of hydrogen-bond donors (Lipinski definition) is 1. The van der Waals surface area contributed by atoms with Crippen LogP contribution in [0.2, 0.25) is 0 Å². The van der Waals surface area contributed by atoms with Crippen molar-refractivity contribution < 1.29 is 4.79 Å². The molecule has 0 aliphatic carbocycles. The van der Waals surface area contributed by atoms with E-state index in [4.69, 9.17) is 4.98 Å². The second-order valence-electron chi connectivity index (χ2n) is 8.30. The first-order chi connectivity index (χ1) is 17.2. The Morgan fingerprint density at radius 3 is 2.46 bits per heavy atom. The molecule has 3 aromatic carbocycles. The first-order valence-electron chi connectivity index (χ1n) is 11.4. The van der Waals surface area contributed by atoms with Gasteiger partial charge in [-0.1, -0.05) is 42.5 Å². The zero-order valence-electron chi connectivity index (χ0n) is 19.0. The van der Waals surface area contributed by atoms with Gasteiger partial charge in [0.05, 0.1) is 28.4 Å². The van der Waals surface area contributed by atoms with E-state index in [1.807, 2.05) is 42.5 Å². The third-order valence-electron chi connectivity index (χ3n) is 6.19. The fourth-order valence-corrected chi connectivity index (χ4v) is 4.32. The minimum absolute atomic E-state index is 0.210. The third kappa shape index (κ3) is 4.48. The predicted molar refractivity (Wildman–Crippen MR) is 136 cm³/mol. The normalized spacial score (nSPS) is 13.2. The van der Waals surface area contributed by atoms with Gasteiger partial charge >= 0.3 is 6.03 Å². The molecule has 2 amide bonds. The molecule has 0 saturated carbocycles. The molecule has 0 atom stereocenters. The lowest BCUT2D eigenvalue weighted by Crippen LogP contribution is -2.50. The van der Waals surface area contributed by atoms with Crippen LogP contribution in [0.25, 0.3) is 22.0 Å². The van der Waals surface area contributed by atoms with Crippen LogP contribution in [0, 0.1) is 22.7 Å². The van der Waals surface area contributed by atoms with Crippen molar-refractivity contribution in [1.29, 1.82) is 10.5 Å². The van der Waals surface area contributed by atoms with Crippen LogP contribution in [0.4, 0.5) is 16.3 Å². The molecule has 1 N–H and O–H groups in total. The van der Waals surface area contributed by atoms with E-state index in [1.54, 1.807) is 35.2 Å². The lowest BCUT2D eigenvalue weighted by Gasteiger charge is -2.35. The molecule has 170 valence electrons. The van der Waals surface area contributed by atoms with Crippen LogP contribution in [0.1, 0.15) is 11.1 Å². The number of amides is 2. The predicted octanol–water partition coefficient (Wildman–Crippen LogP) is 5.00. The quantitative estimate of drug-likeness (QED) is 0.466. The molecule has 7 heteroatoms. The number of rotatable bonds is 3. The molecule has 2 heterocycles. The average molecular weight is 459 g/mol. The maximum atomic E-state index is 12.8. The van der Waals surface area contributed by atoms with Gasteiger partial charge in [0.15, 0.2) is 0 Å². The maximum Gasteiger partial charge on any atom is 0.322 e. The molecule has 7 nitrogen and oxygen atoms in total. The molecule has 1 aromatic heterocycles. The monoisotopic (exact) mass is 458 g/mol. The van der Waals surface area contributed by atoms with Crippen LogP contribution < -0.4 is 10.2 Å². The van der Waals surface area contributed by atoms with Crippen LogP contribution in [-0.2, 0) is 0 Å². The summed E-state index contributed by atoms with van der Waals surface area (Å²) in [5.41, 5.74) is 4.40. The van der Waals surface area contributed by atoms with E-state index in [0.29, 0.717) is 43.0 Å². The van der Waals surface area contributed by atoms with Crippen LogP contribution >= 0.6 is 0 Å². The molecule has 1 aliphatic rings. The fourth-order valence-electron chi connectivity index (χ4n) is 4.32. The van der Waals surface area contributed by atoms with Crippen LogP contribution in [0.15, 0.2) is 78.9 Å². The van der Waals surface area contributed by atoms with Crippen LogP contribution in [0.3, 0.4) is 0 Å². The number of urea groups is 1. The molecule has 0 spiro atoms. The summed E-state index contributed by atoms with van der Waals surface area (Å²) < 4.78 is 0. The molecule has 1 aliphatic heterocycles. The highest BCUT2D eigenvalue weighted by atomic mass is 16.2. The van der Waals surface area contributed by atoms with Gasteiger partial charge in [-0.05, 0) is 42.0 Å². The number of aromatic nitrogens is 1. The number of carbonyl (C=O) groups is 1. The number of benzene rings is 3. The van der Waals surface area contributed by atoms with Crippen molar-refractivity contribution in [1.82, 2.24) is 9.88 Å². The van der Waals surface area contributed by atoms with E-state index < -0.39 is 0 Å². The number of nitrogens with one attached hydrogen (secondary N) is 1. The molecule has 1 saturated heterocycles. The number of carbonyl (C=O) groups excluding carboxylic acids is 1. The molecule has 5 rings (SSSR count). The Labute approximate surface area is 203 Å². The van der Waals surface area contributed by atoms with E-state index in [2.05, 4.69) is 28.4 Å². The van der Waals surface area contributed by atoms with Gasteiger partial charge in [-0.15, -0.1) is 0 Å². The van der Waals surface area contributed by atoms with E-state index in [0.717, 1.165) is 27.8 Å². The van der Waals surface area contributed by atoms with Crippen molar-refractivity contribution in [3.63, 3.8) is 0 Å². The summed E-state index contributed by atoms with van der Waals surface area (Å²) in [7, 11) is 0. The summed E-state index contributed by atoms with van der Waals surface area (Å²) in [4.78, 5) is 21.7. The topological polar surface area (TPSA) is 96.0 Å². The molecule has 4 aromatic rings. The van der Waals surface area contributed by atoms with Gasteiger partial charge in [-0.2, -0.15) is 10.5 Å². The molecule has 0 unspecified atom stereocenters. The fraction of sp³-hybridized carbons (Fsp3) is 0.143. The summed E-state index contributed by atoms with van der Waals surface area (Å²) in [5.74, 6) is 0.858. The Bertz CT molecular complexity index is 1490. The van der Waals surface area contributed by atoms with E-state index in [1.165, 1.54) is 0 Å². The molecular weight excluding hydrogens is 436 g/mol. The number of nitriles is 2. The second kappa shape index (κ2) is 9.54. The summed E-state index contributed by atoms with van der Waals surface area (Å²) >= 11 is 0. The highest BCUT2D eigenvalue weighted by Crippen LogP contribution is 2.30. The van der Waals surface area contributed by atoms with Gasteiger partial charge < -0.3 is 15.1 Å². The zero-order valence-corrected chi connectivity index (χ0v) is 19.0. The molecule has 0 bridgehead atoms. The highest BCUT2D eigenvalue weighted by Gasteiger charge is 2.23. The number of fused-ring (bicyclic) bond motifs is 1. The van der Waals surface area contributed by atoms with Gasteiger partial charge in [0.2, 0.25) is 0 Å². The summed E-state index contributed by atoms with van der Waals surface area (Å²) in [6, 6.07) is 28.8. The first-order valence-corrected chi connectivity index (χ1v) is 11.4. The number of anilines is 2. The van der Waals surface area contributed by atoms with Gasteiger partial charge in [0.25, 0.3) is 0 Å². The molecule has 35 heavy (non-hydrogen) atoms. The van der Waals surface area contributed by atoms with Crippen molar-refractivity contribution in [2.24, 2.45) is 0 Å². The Kier molecular flexibility index (Phi) is 5.98. The Morgan fingerprint density at radius 2 is 1.66 bits per heavy atom. The Balaban J connectivity index is 1.33. The molecule has 1 fully saturated rings. The Morgan fingerprint density at radius 1 is 0.857 bits per heavy atom. The number of hydrogen-bond acceptors (Lipinski definition) is 5. The summed E-state index contributed by atoms with van der Waals surface area (Å²) in [6.45, 7) is 2.40. The van der Waals surface area contributed by atoms with Gasteiger partial charge in [0.1, 0.15) is 11.9 Å². The average Bonchev–Trinajstić information content (AvgIpc) is 2.92. The number of para-hydroxylation sites is 2. The lowest BCUT2D eigenvalue weighted by molar-refractivity contribution is 0.208. The van der Waals surface area contributed by atoms with Crippen molar-refractivity contribution in [3.05, 3.63) is 90.0 Å². The standard InChI is InChI=1S/C28H22N6O/c29-18-20-5-3-8-22(17-20)24-9-4-7-21-11-12-26(32-27(21)24)33-13-15-34(16-14-33)28(35)31-25-10-2-1-6-23(25)19-30/h1-12,17H,13-16H2,(H,31,35). The zero-order chi connectivity index (χ0) is 24.2. The van der Waals surface area contributed by atoms with Crippen LogP contribution in [0.5, 0.6) is 0 Å². The number of piperazine rings is 1. The second-order valence-corrected chi connectivity index (χ2v) is 8.30. The number of pyridine rings is 1. The van der Waals surface area contributed by atoms with E-state index >= 15 is 0 Å². The van der Waals surface area contributed by atoms with Gasteiger partial charge in [0, 0.05) is 37.1 Å².